The van der Waals surface area contributed by atoms with Crippen LogP contribution in [0, 0.1) is 0 Å². The zero-order chi connectivity index (χ0) is 12.1. The van der Waals surface area contributed by atoms with E-state index in [1.54, 1.807) is 14.2 Å². The Morgan fingerprint density at radius 3 is 2.38 bits per heavy atom. The third-order valence-electron chi connectivity index (χ3n) is 2.56. The monoisotopic (exact) mass is 287 g/mol. The molecule has 0 heterocycles. The van der Waals surface area contributed by atoms with Gasteiger partial charge in [0.15, 0.2) is 0 Å². The van der Waals surface area contributed by atoms with Gasteiger partial charge in [-0.25, -0.2) is 0 Å². The quantitative estimate of drug-likeness (QED) is 0.906. The van der Waals surface area contributed by atoms with E-state index in [4.69, 9.17) is 15.2 Å². The van der Waals surface area contributed by atoms with Gasteiger partial charge >= 0.3 is 0 Å². The minimum absolute atomic E-state index is 0.161. The van der Waals surface area contributed by atoms with Crippen LogP contribution < -0.4 is 15.2 Å². The summed E-state index contributed by atoms with van der Waals surface area (Å²) in [4.78, 5) is 0. The van der Waals surface area contributed by atoms with Crippen LogP contribution in [0.4, 0.5) is 0 Å². The molecule has 2 N–H and O–H groups in total. The minimum Gasteiger partial charge on any atom is -0.496 e. The lowest BCUT2D eigenvalue weighted by Crippen LogP contribution is -2.21. The maximum absolute atomic E-state index is 5.95. The average Bonchev–Trinajstić information content (AvgIpc) is 2.29. The number of methoxy groups -OCH3 is 2. The minimum atomic E-state index is 0.161. The molecule has 1 aromatic rings. The molecule has 90 valence electrons. The van der Waals surface area contributed by atoms with Crippen molar-refractivity contribution in [1.29, 1.82) is 0 Å². The fourth-order valence-corrected chi connectivity index (χ4v) is 2.06. The van der Waals surface area contributed by atoms with E-state index in [1.807, 2.05) is 12.1 Å². The van der Waals surface area contributed by atoms with Crippen molar-refractivity contribution in [2.24, 2.45) is 5.73 Å². The van der Waals surface area contributed by atoms with Crippen LogP contribution >= 0.6 is 15.9 Å². The predicted molar refractivity (Wildman–Crippen MR) is 69.2 cm³/mol. The van der Waals surface area contributed by atoms with Gasteiger partial charge in [0.05, 0.1) is 18.7 Å². The Bertz CT molecular complexity index is 355. The molecule has 0 bridgehead atoms. The molecule has 0 aliphatic rings. The van der Waals surface area contributed by atoms with Crippen LogP contribution in [0.1, 0.15) is 18.9 Å². The van der Waals surface area contributed by atoms with Gasteiger partial charge < -0.3 is 15.2 Å². The Hall–Kier alpha value is -0.740. The van der Waals surface area contributed by atoms with Gasteiger partial charge in [-0.05, 0) is 40.4 Å². The summed E-state index contributed by atoms with van der Waals surface area (Å²) in [6.07, 6.45) is 1.76. The second-order valence-corrected chi connectivity index (χ2v) is 4.53. The van der Waals surface area contributed by atoms with Crippen LogP contribution in [0.3, 0.4) is 0 Å². The number of hydrogen-bond acceptors (Lipinski definition) is 3. The van der Waals surface area contributed by atoms with E-state index < -0.39 is 0 Å². The van der Waals surface area contributed by atoms with Crippen molar-refractivity contribution >= 4 is 15.9 Å². The third kappa shape index (κ3) is 3.12. The van der Waals surface area contributed by atoms with Crippen molar-refractivity contribution in [3.8, 4) is 11.5 Å². The van der Waals surface area contributed by atoms with E-state index in [0.29, 0.717) is 0 Å². The number of nitrogens with two attached hydrogens (primary N) is 1. The molecule has 0 radical (unpaired) electrons. The van der Waals surface area contributed by atoms with Crippen molar-refractivity contribution in [2.45, 2.75) is 25.8 Å². The summed E-state index contributed by atoms with van der Waals surface area (Å²) in [5.74, 6) is 1.59. The van der Waals surface area contributed by atoms with E-state index in [9.17, 15) is 0 Å². The number of hydrogen-bond donors (Lipinski definition) is 1. The molecule has 0 fully saturated rings. The molecule has 0 amide bonds. The van der Waals surface area contributed by atoms with Crippen LogP contribution in [0.5, 0.6) is 11.5 Å². The highest BCUT2D eigenvalue weighted by atomic mass is 79.9. The van der Waals surface area contributed by atoms with Crippen molar-refractivity contribution < 1.29 is 9.47 Å². The molecule has 0 saturated heterocycles. The van der Waals surface area contributed by atoms with Gasteiger partial charge in [0.1, 0.15) is 11.5 Å². The summed E-state index contributed by atoms with van der Waals surface area (Å²) in [6.45, 7) is 2.08. The zero-order valence-corrected chi connectivity index (χ0v) is 11.5. The lowest BCUT2D eigenvalue weighted by molar-refractivity contribution is 0.388. The Labute approximate surface area is 105 Å². The lowest BCUT2D eigenvalue weighted by Gasteiger charge is -2.14. The molecular formula is C12H18BrNO2. The largest absolute Gasteiger partial charge is 0.496 e. The highest BCUT2D eigenvalue weighted by Gasteiger charge is 2.11. The average molecular weight is 288 g/mol. The number of ether oxygens (including phenoxy) is 2. The Morgan fingerprint density at radius 1 is 1.25 bits per heavy atom. The summed E-state index contributed by atoms with van der Waals surface area (Å²) in [7, 11) is 3.29. The number of rotatable bonds is 5. The highest BCUT2D eigenvalue weighted by molar-refractivity contribution is 9.10. The number of benzene rings is 1. The van der Waals surface area contributed by atoms with E-state index in [0.717, 1.165) is 34.4 Å². The van der Waals surface area contributed by atoms with Crippen molar-refractivity contribution in [1.82, 2.24) is 0 Å². The fourth-order valence-electron chi connectivity index (χ4n) is 1.51. The van der Waals surface area contributed by atoms with Gasteiger partial charge in [-0.3, -0.25) is 0 Å². The second kappa shape index (κ2) is 6.11. The summed E-state index contributed by atoms with van der Waals surface area (Å²) in [5.41, 5.74) is 7.05. The van der Waals surface area contributed by atoms with Gasteiger partial charge in [0, 0.05) is 12.1 Å². The molecule has 3 nitrogen and oxygen atoms in total. The molecule has 0 aromatic heterocycles. The first-order chi connectivity index (χ1) is 7.62. The topological polar surface area (TPSA) is 44.5 Å². The highest BCUT2D eigenvalue weighted by Crippen LogP contribution is 2.33. The second-order valence-electron chi connectivity index (χ2n) is 3.67. The Balaban J connectivity index is 3.03. The molecule has 1 aromatic carbocycles. The molecular weight excluding hydrogens is 270 g/mol. The van der Waals surface area contributed by atoms with Gasteiger partial charge in [-0.2, -0.15) is 0 Å². The van der Waals surface area contributed by atoms with Gasteiger partial charge in [0.2, 0.25) is 0 Å². The summed E-state index contributed by atoms with van der Waals surface area (Å²) >= 11 is 3.46. The first-order valence-corrected chi connectivity index (χ1v) is 6.07. The molecule has 1 rings (SSSR count). The van der Waals surface area contributed by atoms with Crippen molar-refractivity contribution in [3.05, 3.63) is 22.2 Å². The summed E-state index contributed by atoms with van der Waals surface area (Å²) < 4.78 is 11.5. The standard InChI is InChI=1S/C12H18BrNO2/c1-4-9(14)5-8-6-10(13)12(16-3)7-11(8)15-2/h6-7,9H,4-5,14H2,1-3H3. The fraction of sp³-hybridized carbons (Fsp3) is 0.500. The van der Waals surface area contributed by atoms with E-state index in [2.05, 4.69) is 22.9 Å². The molecule has 16 heavy (non-hydrogen) atoms. The number of halogens is 1. The molecule has 4 heteroatoms. The van der Waals surface area contributed by atoms with Gasteiger partial charge in [0.25, 0.3) is 0 Å². The molecule has 0 spiro atoms. The Kier molecular flexibility index (Phi) is 5.09. The smallest absolute Gasteiger partial charge is 0.136 e. The van der Waals surface area contributed by atoms with Crippen LogP contribution in [0.2, 0.25) is 0 Å². The SMILES string of the molecule is CCC(N)Cc1cc(Br)c(OC)cc1OC. The third-order valence-corrected chi connectivity index (χ3v) is 3.18. The van der Waals surface area contributed by atoms with E-state index in [1.165, 1.54) is 0 Å². The van der Waals surface area contributed by atoms with Crippen LogP contribution in [0.15, 0.2) is 16.6 Å². The Morgan fingerprint density at radius 2 is 1.88 bits per heavy atom. The maximum atomic E-state index is 5.95. The normalized spacial score (nSPS) is 12.3. The molecule has 1 unspecified atom stereocenters. The predicted octanol–water partition coefficient (Wildman–Crippen LogP) is 2.75. The molecule has 0 aliphatic heterocycles. The first kappa shape index (κ1) is 13.3. The van der Waals surface area contributed by atoms with Gasteiger partial charge in [-0.15, -0.1) is 0 Å². The molecule has 1 atom stereocenters. The lowest BCUT2D eigenvalue weighted by atomic mass is 10.0. The maximum Gasteiger partial charge on any atom is 0.136 e. The molecule has 0 saturated carbocycles. The van der Waals surface area contributed by atoms with Crippen LogP contribution in [-0.2, 0) is 6.42 Å². The summed E-state index contributed by atoms with van der Waals surface area (Å²) in [5, 5.41) is 0. The summed E-state index contributed by atoms with van der Waals surface area (Å²) in [6, 6.07) is 4.05. The zero-order valence-electron chi connectivity index (χ0n) is 9.92. The van der Waals surface area contributed by atoms with Crippen LogP contribution in [-0.4, -0.2) is 20.3 Å². The van der Waals surface area contributed by atoms with Gasteiger partial charge in [-0.1, -0.05) is 6.92 Å². The first-order valence-electron chi connectivity index (χ1n) is 5.28. The van der Waals surface area contributed by atoms with E-state index >= 15 is 0 Å². The molecule has 0 aliphatic carbocycles. The van der Waals surface area contributed by atoms with Crippen LogP contribution in [0.25, 0.3) is 0 Å². The van der Waals surface area contributed by atoms with Crippen molar-refractivity contribution in [2.75, 3.05) is 14.2 Å². The van der Waals surface area contributed by atoms with E-state index in [-0.39, 0.29) is 6.04 Å². The van der Waals surface area contributed by atoms with Crippen molar-refractivity contribution in [3.63, 3.8) is 0 Å².